The van der Waals surface area contributed by atoms with Crippen LogP contribution in [-0.2, 0) is 0 Å². The molecule has 1 aromatic carbocycles. The number of aromatic nitrogens is 3. The van der Waals surface area contributed by atoms with E-state index in [1.165, 1.54) is 0 Å². The number of nitrogens with one attached hydrogen (secondary N) is 2. The molecule has 17 heavy (non-hydrogen) atoms. The van der Waals surface area contributed by atoms with Gasteiger partial charge in [0.2, 0.25) is 0 Å². The molecule has 0 saturated carbocycles. The normalized spacial score (nSPS) is 10.6. The van der Waals surface area contributed by atoms with Crippen molar-refractivity contribution in [3.8, 4) is 22.6 Å². The molecule has 0 aliphatic rings. The lowest BCUT2D eigenvalue weighted by atomic mass is 10.1. The van der Waals surface area contributed by atoms with Crippen LogP contribution in [0.3, 0.4) is 0 Å². The molecule has 0 amide bonds. The second kappa shape index (κ2) is 3.94. The Morgan fingerprint density at radius 2 is 1.82 bits per heavy atom. The summed E-state index contributed by atoms with van der Waals surface area (Å²) in [6.45, 7) is 2.05. The van der Waals surface area contributed by atoms with Gasteiger partial charge in [-0.15, -0.1) is 0 Å². The minimum absolute atomic E-state index is 0.905. The standard InChI is InChI=1S/C14H13N3/c1-10-13(11-5-3-2-4-6-11)17-14(16-10)12-7-8-15-9-12/h2-9,15H,1H3,(H,16,17). The molecule has 84 valence electrons. The fourth-order valence-electron chi connectivity index (χ4n) is 1.95. The van der Waals surface area contributed by atoms with E-state index in [0.717, 1.165) is 28.3 Å². The average Bonchev–Trinajstić information content (AvgIpc) is 2.99. The Morgan fingerprint density at radius 3 is 2.53 bits per heavy atom. The van der Waals surface area contributed by atoms with E-state index in [2.05, 4.69) is 27.1 Å². The molecule has 2 aromatic heterocycles. The molecule has 0 radical (unpaired) electrons. The third kappa shape index (κ3) is 1.76. The maximum Gasteiger partial charge on any atom is 0.139 e. The van der Waals surface area contributed by atoms with E-state index in [1.54, 1.807) is 0 Å². The van der Waals surface area contributed by atoms with E-state index in [4.69, 9.17) is 0 Å². The SMILES string of the molecule is Cc1[nH]c(-c2cc[nH]c2)nc1-c1ccccc1. The third-order valence-corrected chi connectivity index (χ3v) is 2.80. The Morgan fingerprint density at radius 1 is 1.00 bits per heavy atom. The maximum absolute atomic E-state index is 4.65. The highest BCUT2D eigenvalue weighted by Crippen LogP contribution is 2.24. The molecular formula is C14H13N3. The van der Waals surface area contributed by atoms with Crippen molar-refractivity contribution >= 4 is 0 Å². The van der Waals surface area contributed by atoms with Crippen molar-refractivity contribution in [3.05, 3.63) is 54.5 Å². The molecule has 3 rings (SSSR count). The molecule has 0 bridgehead atoms. The maximum atomic E-state index is 4.65. The first-order valence-electron chi connectivity index (χ1n) is 5.60. The number of aryl methyl sites for hydroxylation is 1. The summed E-state index contributed by atoms with van der Waals surface area (Å²) in [5.74, 6) is 0.905. The van der Waals surface area contributed by atoms with Crippen molar-refractivity contribution < 1.29 is 0 Å². The van der Waals surface area contributed by atoms with E-state index < -0.39 is 0 Å². The number of hydrogen-bond donors (Lipinski definition) is 2. The zero-order chi connectivity index (χ0) is 11.7. The van der Waals surface area contributed by atoms with Crippen LogP contribution in [0.1, 0.15) is 5.69 Å². The van der Waals surface area contributed by atoms with Gasteiger partial charge in [-0.2, -0.15) is 0 Å². The summed E-state index contributed by atoms with van der Waals surface area (Å²) in [6.07, 6.45) is 3.84. The first-order valence-corrected chi connectivity index (χ1v) is 5.60. The fourth-order valence-corrected chi connectivity index (χ4v) is 1.95. The third-order valence-electron chi connectivity index (χ3n) is 2.80. The molecule has 3 nitrogen and oxygen atoms in total. The Bertz CT molecular complexity index is 606. The summed E-state index contributed by atoms with van der Waals surface area (Å²) in [5.41, 5.74) is 4.33. The van der Waals surface area contributed by atoms with Crippen LogP contribution in [0.25, 0.3) is 22.6 Å². The Labute approximate surface area is 99.5 Å². The smallest absolute Gasteiger partial charge is 0.139 e. The van der Waals surface area contributed by atoms with Gasteiger partial charge in [0, 0.05) is 29.2 Å². The molecule has 0 saturated heterocycles. The fraction of sp³-hybridized carbons (Fsp3) is 0.0714. The molecule has 2 N–H and O–H groups in total. The summed E-state index contributed by atoms with van der Waals surface area (Å²) in [5, 5.41) is 0. The largest absolute Gasteiger partial charge is 0.367 e. The minimum atomic E-state index is 0.905. The summed E-state index contributed by atoms with van der Waals surface area (Å²) in [4.78, 5) is 11.0. The molecule has 0 spiro atoms. The van der Waals surface area contributed by atoms with Crippen LogP contribution in [0.5, 0.6) is 0 Å². The van der Waals surface area contributed by atoms with E-state index in [1.807, 2.05) is 43.6 Å². The average molecular weight is 223 g/mol. The van der Waals surface area contributed by atoms with E-state index in [0.29, 0.717) is 0 Å². The van der Waals surface area contributed by atoms with Gasteiger partial charge in [0.15, 0.2) is 0 Å². The molecule has 2 heterocycles. The highest BCUT2D eigenvalue weighted by molar-refractivity contribution is 5.66. The predicted octanol–water partition coefficient (Wildman–Crippen LogP) is 3.38. The van der Waals surface area contributed by atoms with E-state index in [9.17, 15) is 0 Å². The number of imidazole rings is 1. The Hall–Kier alpha value is -2.29. The van der Waals surface area contributed by atoms with Crippen LogP contribution in [0.2, 0.25) is 0 Å². The van der Waals surface area contributed by atoms with Crippen molar-refractivity contribution in [2.45, 2.75) is 6.92 Å². The second-order valence-corrected chi connectivity index (χ2v) is 4.02. The van der Waals surface area contributed by atoms with Gasteiger partial charge in [0.25, 0.3) is 0 Å². The Kier molecular flexibility index (Phi) is 2.29. The van der Waals surface area contributed by atoms with Crippen LogP contribution in [-0.4, -0.2) is 15.0 Å². The van der Waals surface area contributed by atoms with Crippen molar-refractivity contribution in [1.82, 2.24) is 15.0 Å². The highest BCUT2D eigenvalue weighted by atomic mass is 14.9. The molecule has 3 aromatic rings. The van der Waals surface area contributed by atoms with E-state index >= 15 is 0 Å². The van der Waals surface area contributed by atoms with Crippen molar-refractivity contribution in [3.63, 3.8) is 0 Å². The summed E-state index contributed by atoms with van der Waals surface area (Å²) < 4.78 is 0. The number of rotatable bonds is 2. The minimum Gasteiger partial charge on any atom is -0.367 e. The van der Waals surface area contributed by atoms with Crippen molar-refractivity contribution in [1.29, 1.82) is 0 Å². The number of hydrogen-bond acceptors (Lipinski definition) is 1. The topological polar surface area (TPSA) is 44.5 Å². The lowest BCUT2D eigenvalue weighted by Gasteiger charge is -1.96. The summed E-state index contributed by atoms with van der Waals surface area (Å²) >= 11 is 0. The quantitative estimate of drug-likeness (QED) is 0.687. The molecule has 0 aliphatic carbocycles. The first-order chi connectivity index (χ1) is 8.34. The molecular weight excluding hydrogens is 210 g/mol. The lowest BCUT2D eigenvalue weighted by molar-refractivity contribution is 1.26. The molecule has 3 heteroatoms. The van der Waals surface area contributed by atoms with Gasteiger partial charge in [-0.3, -0.25) is 0 Å². The van der Waals surface area contributed by atoms with Gasteiger partial charge in [0.1, 0.15) is 5.82 Å². The number of benzene rings is 1. The van der Waals surface area contributed by atoms with Gasteiger partial charge in [0.05, 0.1) is 5.69 Å². The number of nitrogens with zero attached hydrogens (tertiary/aromatic N) is 1. The van der Waals surface area contributed by atoms with Gasteiger partial charge >= 0.3 is 0 Å². The first kappa shape index (κ1) is 9.90. The van der Waals surface area contributed by atoms with Gasteiger partial charge in [-0.05, 0) is 13.0 Å². The molecule has 0 unspecified atom stereocenters. The Balaban J connectivity index is 2.08. The van der Waals surface area contributed by atoms with Gasteiger partial charge in [-0.1, -0.05) is 30.3 Å². The van der Waals surface area contributed by atoms with Crippen LogP contribution >= 0.6 is 0 Å². The lowest BCUT2D eigenvalue weighted by Crippen LogP contribution is -1.79. The number of H-pyrrole nitrogens is 2. The van der Waals surface area contributed by atoms with Crippen LogP contribution in [0.15, 0.2) is 48.8 Å². The molecule has 0 atom stereocenters. The number of aromatic amines is 2. The summed E-state index contributed by atoms with van der Waals surface area (Å²) in [6, 6.07) is 12.2. The zero-order valence-corrected chi connectivity index (χ0v) is 9.57. The van der Waals surface area contributed by atoms with Crippen molar-refractivity contribution in [2.24, 2.45) is 0 Å². The molecule has 0 aliphatic heterocycles. The second-order valence-electron chi connectivity index (χ2n) is 4.02. The highest BCUT2D eigenvalue weighted by Gasteiger charge is 2.09. The van der Waals surface area contributed by atoms with Crippen LogP contribution < -0.4 is 0 Å². The van der Waals surface area contributed by atoms with Crippen LogP contribution in [0.4, 0.5) is 0 Å². The van der Waals surface area contributed by atoms with E-state index in [-0.39, 0.29) is 0 Å². The summed E-state index contributed by atoms with van der Waals surface area (Å²) in [7, 11) is 0. The van der Waals surface area contributed by atoms with Gasteiger partial charge < -0.3 is 9.97 Å². The van der Waals surface area contributed by atoms with Gasteiger partial charge in [-0.25, -0.2) is 4.98 Å². The monoisotopic (exact) mass is 223 g/mol. The van der Waals surface area contributed by atoms with Crippen molar-refractivity contribution in [2.75, 3.05) is 0 Å². The molecule has 0 fully saturated rings. The van der Waals surface area contributed by atoms with Crippen LogP contribution in [0, 0.1) is 6.92 Å². The predicted molar refractivity (Wildman–Crippen MR) is 68.5 cm³/mol. The zero-order valence-electron chi connectivity index (χ0n) is 9.57.